The molecule has 1 aromatic heterocycles. The Bertz CT molecular complexity index is 427. The summed E-state index contributed by atoms with van der Waals surface area (Å²) in [4.78, 5) is 17.8. The van der Waals surface area contributed by atoms with Gasteiger partial charge in [-0.1, -0.05) is 6.92 Å². The fraction of sp³-hybridized carbons (Fsp3) is 0.667. The molecule has 1 aromatic rings. The van der Waals surface area contributed by atoms with Crippen LogP contribution in [0.15, 0.2) is 5.38 Å². The van der Waals surface area contributed by atoms with E-state index in [0.29, 0.717) is 31.2 Å². The first-order chi connectivity index (χ1) is 8.56. The Morgan fingerprint density at radius 3 is 2.94 bits per heavy atom. The standard InChI is InChI=1S/C12H18N2O3S/c1-3-12(16)7-14(8-12)5-9-6-18-10(13-9)11(15)17-4-2/h6,16H,3-5,7-8H2,1-2H3. The number of hydrogen-bond acceptors (Lipinski definition) is 6. The van der Waals surface area contributed by atoms with Crippen molar-refractivity contribution in [3.8, 4) is 0 Å². The summed E-state index contributed by atoms with van der Waals surface area (Å²) in [6.45, 7) is 6.16. The zero-order chi connectivity index (χ0) is 13.2. The maximum absolute atomic E-state index is 11.4. The molecule has 100 valence electrons. The number of ether oxygens (including phenoxy) is 1. The van der Waals surface area contributed by atoms with Crippen LogP contribution in [0.5, 0.6) is 0 Å². The van der Waals surface area contributed by atoms with Gasteiger partial charge in [-0.05, 0) is 13.3 Å². The van der Waals surface area contributed by atoms with Crippen LogP contribution in [0.2, 0.25) is 0 Å². The Morgan fingerprint density at radius 1 is 1.61 bits per heavy atom. The molecular formula is C12H18N2O3S. The quantitative estimate of drug-likeness (QED) is 0.817. The molecule has 2 rings (SSSR count). The van der Waals surface area contributed by atoms with Crippen molar-refractivity contribution in [2.45, 2.75) is 32.4 Å². The number of rotatable bonds is 5. The van der Waals surface area contributed by atoms with Gasteiger partial charge in [0.05, 0.1) is 17.9 Å². The van der Waals surface area contributed by atoms with E-state index in [9.17, 15) is 9.90 Å². The number of β-amino-alcohol motifs (C(OH)–C–C–N with tert-alkyl or cyclic N) is 1. The lowest BCUT2D eigenvalue weighted by Crippen LogP contribution is -2.60. The van der Waals surface area contributed by atoms with E-state index >= 15 is 0 Å². The largest absolute Gasteiger partial charge is 0.461 e. The lowest BCUT2D eigenvalue weighted by atomic mass is 9.91. The predicted molar refractivity (Wildman–Crippen MR) is 68.6 cm³/mol. The number of esters is 1. The molecule has 0 unspecified atom stereocenters. The number of carbonyl (C=O) groups is 1. The van der Waals surface area contributed by atoms with E-state index in [2.05, 4.69) is 9.88 Å². The van der Waals surface area contributed by atoms with Gasteiger partial charge in [-0.2, -0.15) is 0 Å². The molecule has 18 heavy (non-hydrogen) atoms. The van der Waals surface area contributed by atoms with Crippen LogP contribution in [-0.2, 0) is 11.3 Å². The van der Waals surface area contributed by atoms with Crippen molar-refractivity contribution in [2.75, 3.05) is 19.7 Å². The van der Waals surface area contributed by atoms with Crippen molar-refractivity contribution in [2.24, 2.45) is 0 Å². The smallest absolute Gasteiger partial charge is 0.367 e. The molecule has 1 fully saturated rings. The van der Waals surface area contributed by atoms with Crippen LogP contribution in [-0.4, -0.2) is 46.3 Å². The van der Waals surface area contributed by atoms with E-state index in [0.717, 1.165) is 12.1 Å². The van der Waals surface area contributed by atoms with Gasteiger partial charge in [0, 0.05) is 25.0 Å². The second kappa shape index (κ2) is 5.34. The molecule has 1 N–H and O–H groups in total. The number of nitrogens with zero attached hydrogens (tertiary/aromatic N) is 2. The van der Waals surface area contributed by atoms with Gasteiger partial charge < -0.3 is 9.84 Å². The molecule has 1 aliphatic rings. The van der Waals surface area contributed by atoms with Crippen LogP contribution in [0, 0.1) is 0 Å². The van der Waals surface area contributed by atoms with E-state index in [-0.39, 0.29) is 5.97 Å². The molecule has 2 heterocycles. The van der Waals surface area contributed by atoms with Gasteiger partial charge in [-0.15, -0.1) is 11.3 Å². The maximum Gasteiger partial charge on any atom is 0.367 e. The van der Waals surface area contributed by atoms with Gasteiger partial charge >= 0.3 is 5.97 Å². The summed E-state index contributed by atoms with van der Waals surface area (Å²) < 4.78 is 4.89. The number of aromatic nitrogens is 1. The molecule has 5 nitrogen and oxygen atoms in total. The van der Waals surface area contributed by atoms with Gasteiger partial charge in [-0.3, -0.25) is 4.90 Å². The molecule has 0 atom stereocenters. The molecular weight excluding hydrogens is 252 g/mol. The molecule has 0 radical (unpaired) electrons. The third kappa shape index (κ3) is 2.88. The Hall–Kier alpha value is -0.980. The topological polar surface area (TPSA) is 62.7 Å². The minimum atomic E-state index is -0.528. The fourth-order valence-corrected chi connectivity index (χ4v) is 2.72. The highest BCUT2D eigenvalue weighted by molar-refractivity contribution is 7.11. The molecule has 1 saturated heterocycles. The molecule has 1 aliphatic heterocycles. The van der Waals surface area contributed by atoms with Gasteiger partial charge in [0.1, 0.15) is 0 Å². The molecule has 0 saturated carbocycles. The van der Waals surface area contributed by atoms with E-state index in [1.165, 1.54) is 11.3 Å². The second-order valence-corrected chi connectivity index (χ2v) is 5.45. The van der Waals surface area contributed by atoms with E-state index < -0.39 is 5.60 Å². The first-order valence-electron chi connectivity index (χ1n) is 6.12. The van der Waals surface area contributed by atoms with E-state index in [1.54, 1.807) is 6.92 Å². The average molecular weight is 270 g/mol. The zero-order valence-electron chi connectivity index (χ0n) is 10.7. The maximum atomic E-state index is 11.4. The second-order valence-electron chi connectivity index (χ2n) is 4.59. The molecule has 0 aliphatic carbocycles. The van der Waals surface area contributed by atoms with Crippen molar-refractivity contribution >= 4 is 17.3 Å². The summed E-state index contributed by atoms with van der Waals surface area (Å²) >= 11 is 1.30. The van der Waals surface area contributed by atoms with Crippen molar-refractivity contribution < 1.29 is 14.6 Å². The summed E-state index contributed by atoms with van der Waals surface area (Å²) in [5, 5.41) is 12.2. The molecule has 0 amide bonds. The number of aliphatic hydroxyl groups is 1. The summed E-state index contributed by atoms with van der Waals surface area (Å²) in [6, 6.07) is 0. The van der Waals surface area contributed by atoms with Crippen LogP contribution in [0.4, 0.5) is 0 Å². The number of thiazole rings is 1. The number of likely N-dealkylation sites (tertiary alicyclic amines) is 1. The minimum Gasteiger partial charge on any atom is -0.461 e. The predicted octanol–water partition coefficient (Wildman–Crippen LogP) is 1.28. The molecule has 0 bridgehead atoms. The normalized spacial score (nSPS) is 18.4. The summed E-state index contributed by atoms with van der Waals surface area (Å²) in [6.07, 6.45) is 0.772. The van der Waals surface area contributed by atoms with Crippen molar-refractivity contribution in [3.05, 3.63) is 16.1 Å². The van der Waals surface area contributed by atoms with Crippen LogP contribution in [0.25, 0.3) is 0 Å². The lowest BCUT2D eigenvalue weighted by molar-refractivity contribution is -0.103. The molecule has 6 heteroatoms. The Balaban J connectivity index is 1.87. The van der Waals surface area contributed by atoms with Gasteiger partial charge in [-0.25, -0.2) is 9.78 Å². The SMILES string of the molecule is CCOC(=O)c1nc(CN2CC(O)(CC)C2)cs1. The number of carbonyl (C=O) groups excluding carboxylic acids is 1. The van der Waals surface area contributed by atoms with Gasteiger partial charge in [0.15, 0.2) is 0 Å². The van der Waals surface area contributed by atoms with Crippen LogP contribution >= 0.6 is 11.3 Å². The van der Waals surface area contributed by atoms with Crippen molar-refractivity contribution in [3.63, 3.8) is 0 Å². The van der Waals surface area contributed by atoms with Gasteiger partial charge in [0.2, 0.25) is 5.01 Å². The highest BCUT2D eigenvalue weighted by Crippen LogP contribution is 2.26. The summed E-state index contributed by atoms with van der Waals surface area (Å²) in [5.41, 5.74) is 0.334. The highest BCUT2D eigenvalue weighted by atomic mass is 32.1. The third-order valence-electron chi connectivity index (χ3n) is 3.08. The monoisotopic (exact) mass is 270 g/mol. The summed E-state index contributed by atoms with van der Waals surface area (Å²) in [7, 11) is 0. The summed E-state index contributed by atoms with van der Waals surface area (Å²) in [5.74, 6) is -0.359. The first kappa shape index (κ1) is 13.5. The number of hydrogen-bond donors (Lipinski definition) is 1. The first-order valence-corrected chi connectivity index (χ1v) is 7.00. The lowest BCUT2D eigenvalue weighted by Gasteiger charge is -2.45. The van der Waals surface area contributed by atoms with Gasteiger partial charge in [0.25, 0.3) is 0 Å². The molecule has 0 spiro atoms. The molecule has 0 aromatic carbocycles. The average Bonchev–Trinajstić information content (AvgIpc) is 2.76. The van der Waals surface area contributed by atoms with Crippen LogP contribution in [0.3, 0.4) is 0 Å². The van der Waals surface area contributed by atoms with Crippen molar-refractivity contribution in [1.29, 1.82) is 0 Å². The Kier molecular flexibility index (Phi) is 3.99. The Labute approximate surface area is 110 Å². The third-order valence-corrected chi connectivity index (χ3v) is 3.95. The fourth-order valence-electron chi connectivity index (χ4n) is 2.02. The van der Waals surface area contributed by atoms with E-state index in [4.69, 9.17) is 4.74 Å². The Morgan fingerprint density at radius 2 is 2.33 bits per heavy atom. The minimum absolute atomic E-state index is 0.359. The van der Waals surface area contributed by atoms with Crippen LogP contribution < -0.4 is 0 Å². The zero-order valence-corrected chi connectivity index (χ0v) is 11.5. The highest BCUT2D eigenvalue weighted by Gasteiger charge is 2.39. The van der Waals surface area contributed by atoms with Crippen molar-refractivity contribution in [1.82, 2.24) is 9.88 Å². The van der Waals surface area contributed by atoms with E-state index in [1.807, 2.05) is 12.3 Å². The van der Waals surface area contributed by atoms with Crippen LogP contribution in [0.1, 0.15) is 35.8 Å².